The zero-order valence-electron chi connectivity index (χ0n) is 18.2. The molecule has 2 aromatic rings. The minimum absolute atomic E-state index is 0.155. The highest BCUT2D eigenvalue weighted by molar-refractivity contribution is 9.10. The van der Waals surface area contributed by atoms with E-state index < -0.39 is 0 Å². The van der Waals surface area contributed by atoms with E-state index in [4.69, 9.17) is 0 Å². The molecular weight excluding hydrogens is 430 g/mol. The molecule has 0 radical (unpaired) electrons. The molecule has 0 spiro atoms. The molecule has 1 amide bonds. The monoisotopic (exact) mass is 461 g/mol. The lowest BCUT2D eigenvalue weighted by molar-refractivity contribution is 0.0949. The van der Waals surface area contributed by atoms with Crippen LogP contribution in [0.1, 0.15) is 79.2 Å². The second kappa shape index (κ2) is 10.1. The van der Waals surface area contributed by atoms with Gasteiger partial charge in [0.2, 0.25) is 0 Å². The average molecular weight is 462 g/mol. The Morgan fingerprint density at radius 2 is 1.79 bits per heavy atom. The Balaban J connectivity index is 2.36. The Morgan fingerprint density at radius 3 is 2.34 bits per heavy atom. The number of nitrogens with one attached hydrogen (secondary N) is 3. The van der Waals surface area contributed by atoms with Crippen molar-refractivity contribution in [3.8, 4) is 0 Å². The summed E-state index contributed by atoms with van der Waals surface area (Å²) in [5.41, 5.74) is 4.72. The van der Waals surface area contributed by atoms with E-state index in [0.717, 1.165) is 39.8 Å². The Bertz CT molecular complexity index is 930. The van der Waals surface area contributed by atoms with Crippen LogP contribution in [0.15, 0.2) is 27.5 Å². The minimum Gasteiger partial charge on any atom is -0.382 e. The summed E-state index contributed by atoms with van der Waals surface area (Å²) >= 11 is 3.55. The predicted octanol–water partition coefficient (Wildman–Crippen LogP) is 5.41. The number of H-pyrrole nitrogens is 1. The van der Waals surface area contributed by atoms with Crippen molar-refractivity contribution in [1.29, 1.82) is 0 Å². The molecule has 6 heteroatoms. The lowest BCUT2D eigenvalue weighted by atomic mass is 9.93. The number of anilines is 1. The number of amides is 1. The summed E-state index contributed by atoms with van der Waals surface area (Å²) in [6, 6.07) is 6.17. The van der Waals surface area contributed by atoms with Gasteiger partial charge in [0.05, 0.1) is 0 Å². The van der Waals surface area contributed by atoms with Crippen molar-refractivity contribution in [1.82, 2.24) is 10.3 Å². The van der Waals surface area contributed by atoms with Crippen molar-refractivity contribution < 1.29 is 4.79 Å². The molecule has 29 heavy (non-hydrogen) atoms. The largest absolute Gasteiger partial charge is 0.382 e. The second-order valence-electron chi connectivity index (χ2n) is 7.85. The van der Waals surface area contributed by atoms with Crippen molar-refractivity contribution >= 4 is 27.5 Å². The third-order valence-corrected chi connectivity index (χ3v) is 5.69. The fourth-order valence-electron chi connectivity index (χ4n) is 3.63. The van der Waals surface area contributed by atoms with Crippen molar-refractivity contribution in [2.24, 2.45) is 0 Å². The fourth-order valence-corrected chi connectivity index (χ4v) is 4.08. The Kier molecular flexibility index (Phi) is 8.08. The van der Waals surface area contributed by atoms with Crippen LogP contribution in [0, 0.1) is 13.8 Å². The number of hydrogen-bond donors (Lipinski definition) is 3. The van der Waals surface area contributed by atoms with Crippen molar-refractivity contribution in [3.05, 3.63) is 61.0 Å². The Morgan fingerprint density at radius 1 is 1.14 bits per heavy atom. The standard InChI is InChI=1S/C23H32BrN3O2/c1-7-17(8-2)27-20-11-16(24)10-18(21(20)13(3)4)22(28)25-12-19-14(5)9-15(6)26-23(19)29/h9-11,13,17,27H,7-8,12H2,1-6H3,(H,25,28)(H,26,29). The molecule has 2 rings (SSSR count). The smallest absolute Gasteiger partial charge is 0.253 e. The maximum Gasteiger partial charge on any atom is 0.253 e. The van der Waals surface area contributed by atoms with Gasteiger partial charge in [0, 0.05) is 39.6 Å². The Hall–Kier alpha value is -2.08. The van der Waals surface area contributed by atoms with Crippen LogP contribution < -0.4 is 16.2 Å². The van der Waals surface area contributed by atoms with Gasteiger partial charge in [-0.3, -0.25) is 9.59 Å². The summed E-state index contributed by atoms with van der Waals surface area (Å²) in [5, 5.41) is 6.54. The van der Waals surface area contributed by atoms with Crippen LogP contribution in [0.3, 0.4) is 0 Å². The van der Waals surface area contributed by atoms with Gasteiger partial charge in [0.25, 0.3) is 11.5 Å². The maximum atomic E-state index is 13.1. The van der Waals surface area contributed by atoms with Gasteiger partial charge in [-0.1, -0.05) is 43.6 Å². The van der Waals surface area contributed by atoms with Crippen molar-refractivity contribution in [2.75, 3.05) is 5.32 Å². The van der Waals surface area contributed by atoms with Gasteiger partial charge in [-0.05, 0) is 61.9 Å². The van der Waals surface area contributed by atoms with E-state index in [2.05, 4.69) is 59.2 Å². The van der Waals surface area contributed by atoms with E-state index in [1.807, 2.05) is 32.0 Å². The third-order valence-electron chi connectivity index (χ3n) is 5.23. The predicted molar refractivity (Wildman–Crippen MR) is 124 cm³/mol. The summed E-state index contributed by atoms with van der Waals surface area (Å²) in [4.78, 5) is 28.1. The number of aromatic nitrogens is 1. The van der Waals surface area contributed by atoms with E-state index >= 15 is 0 Å². The minimum atomic E-state index is -0.179. The molecular formula is C23H32BrN3O2. The number of benzene rings is 1. The molecule has 0 fully saturated rings. The topological polar surface area (TPSA) is 74.0 Å². The highest BCUT2D eigenvalue weighted by Crippen LogP contribution is 2.33. The normalized spacial score (nSPS) is 11.2. The molecule has 1 aromatic carbocycles. The zero-order chi connectivity index (χ0) is 21.7. The van der Waals surface area contributed by atoms with E-state index in [0.29, 0.717) is 17.2 Å². The van der Waals surface area contributed by atoms with E-state index in [1.165, 1.54) is 0 Å². The van der Waals surface area contributed by atoms with Gasteiger partial charge in [-0.15, -0.1) is 0 Å². The SMILES string of the molecule is CCC(CC)Nc1cc(Br)cc(C(=O)NCc2c(C)cc(C)[nH]c2=O)c1C(C)C. The molecule has 0 aliphatic carbocycles. The molecule has 158 valence electrons. The molecule has 0 bridgehead atoms. The van der Waals surface area contributed by atoms with E-state index in [1.54, 1.807) is 0 Å². The fraction of sp³-hybridized carbons (Fsp3) is 0.478. The average Bonchev–Trinajstić information content (AvgIpc) is 2.64. The number of aryl methyl sites for hydroxylation is 2. The van der Waals surface area contributed by atoms with Gasteiger partial charge in [0.1, 0.15) is 0 Å². The Labute approximate surface area is 181 Å². The van der Waals surface area contributed by atoms with Crippen LogP contribution >= 0.6 is 15.9 Å². The molecule has 0 saturated heterocycles. The summed E-state index contributed by atoms with van der Waals surface area (Å²) in [6.45, 7) is 12.4. The summed E-state index contributed by atoms with van der Waals surface area (Å²) < 4.78 is 0.852. The second-order valence-corrected chi connectivity index (χ2v) is 8.77. The zero-order valence-corrected chi connectivity index (χ0v) is 19.8. The first-order valence-electron chi connectivity index (χ1n) is 10.2. The molecule has 5 nitrogen and oxygen atoms in total. The third kappa shape index (κ3) is 5.72. The lowest BCUT2D eigenvalue weighted by Gasteiger charge is -2.23. The number of aromatic amines is 1. The van der Waals surface area contributed by atoms with Crippen LogP contribution in [0.5, 0.6) is 0 Å². The quantitative estimate of drug-likeness (QED) is 0.491. The number of carbonyl (C=O) groups is 1. The number of halogens is 1. The number of pyridine rings is 1. The molecule has 0 unspecified atom stereocenters. The van der Waals surface area contributed by atoms with Crippen LogP contribution in [-0.4, -0.2) is 16.9 Å². The van der Waals surface area contributed by atoms with E-state index in [-0.39, 0.29) is 23.9 Å². The van der Waals surface area contributed by atoms with Crippen LogP contribution in [-0.2, 0) is 6.54 Å². The molecule has 1 heterocycles. The number of hydrogen-bond acceptors (Lipinski definition) is 3. The summed E-state index contributed by atoms with van der Waals surface area (Å²) in [5.74, 6) is -0.00722. The van der Waals surface area contributed by atoms with E-state index in [9.17, 15) is 9.59 Å². The molecule has 0 aliphatic heterocycles. The molecule has 3 N–H and O–H groups in total. The van der Waals surface area contributed by atoms with Crippen LogP contribution in [0.25, 0.3) is 0 Å². The summed E-state index contributed by atoms with van der Waals surface area (Å²) in [6.07, 6.45) is 2.02. The molecule has 0 saturated carbocycles. The molecule has 1 aromatic heterocycles. The van der Waals surface area contributed by atoms with Gasteiger partial charge in [-0.2, -0.15) is 0 Å². The van der Waals surface area contributed by atoms with Gasteiger partial charge in [-0.25, -0.2) is 0 Å². The number of carbonyl (C=O) groups excluding carboxylic acids is 1. The van der Waals surface area contributed by atoms with Gasteiger partial charge < -0.3 is 15.6 Å². The maximum absolute atomic E-state index is 13.1. The number of rotatable bonds is 8. The first-order valence-corrected chi connectivity index (χ1v) is 11.0. The molecule has 0 aliphatic rings. The first-order chi connectivity index (χ1) is 13.7. The van der Waals surface area contributed by atoms with Gasteiger partial charge >= 0.3 is 0 Å². The highest BCUT2D eigenvalue weighted by Gasteiger charge is 2.20. The van der Waals surface area contributed by atoms with Crippen LogP contribution in [0.4, 0.5) is 5.69 Å². The molecule has 0 atom stereocenters. The first kappa shape index (κ1) is 23.2. The van der Waals surface area contributed by atoms with Crippen molar-refractivity contribution in [3.63, 3.8) is 0 Å². The van der Waals surface area contributed by atoms with Crippen LogP contribution in [0.2, 0.25) is 0 Å². The highest BCUT2D eigenvalue weighted by atomic mass is 79.9. The van der Waals surface area contributed by atoms with Crippen molar-refractivity contribution in [2.45, 2.75) is 72.9 Å². The van der Waals surface area contributed by atoms with Gasteiger partial charge in [0.15, 0.2) is 0 Å². The summed E-state index contributed by atoms with van der Waals surface area (Å²) in [7, 11) is 0. The lowest BCUT2D eigenvalue weighted by Crippen LogP contribution is -2.29.